The number of rotatable bonds is 2. The number of nitrogens with zero attached hydrogens (tertiary/aromatic N) is 5. The van der Waals surface area contributed by atoms with Crippen LogP contribution in [0.4, 0.5) is 0 Å². The molecule has 86 valence electrons. The largest absolute Gasteiger partial charge is 0.324 e. The highest BCUT2D eigenvalue weighted by atomic mass is 32.1. The Morgan fingerprint density at radius 3 is 3.06 bits per heavy atom. The summed E-state index contributed by atoms with van der Waals surface area (Å²) >= 11 is 1.37. The van der Waals surface area contributed by atoms with Crippen LogP contribution in [0.2, 0.25) is 0 Å². The van der Waals surface area contributed by atoms with E-state index in [1.54, 1.807) is 6.20 Å². The summed E-state index contributed by atoms with van der Waals surface area (Å²) in [5, 5.41) is 0.963. The summed E-state index contributed by atoms with van der Waals surface area (Å²) in [6.45, 7) is 2.32. The van der Waals surface area contributed by atoms with Gasteiger partial charge in [-0.3, -0.25) is 4.57 Å². The Labute approximate surface area is 101 Å². The van der Waals surface area contributed by atoms with Crippen LogP contribution in [0.15, 0.2) is 18.7 Å². The van der Waals surface area contributed by atoms with Crippen molar-refractivity contribution in [3.05, 3.63) is 30.2 Å². The molecule has 0 amide bonds. The fourth-order valence-corrected chi connectivity index (χ4v) is 2.50. The van der Waals surface area contributed by atoms with Gasteiger partial charge in [-0.25, -0.2) is 15.0 Å². The molecule has 0 aliphatic carbocycles. The van der Waals surface area contributed by atoms with Gasteiger partial charge in [-0.15, -0.1) is 0 Å². The van der Waals surface area contributed by atoms with Gasteiger partial charge in [0.1, 0.15) is 17.0 Å². The summed E-state index contributed by atoms with van der Waals surface area (Å²) in [5.74, 6) is 1.56. The van der Waals surface area contributed by atoms with E-state index >= 15 is 0 Å². The Hall–Kier alpha value is -1.86. The standard InChI is InChI=1S/C10H10N6S/c1-6-8-9(13-5-14-10(8)17-15-6)16-3-2-12-7(16)4-11/h2-3,5H,4,11H2,1H3. The molecule has 0 atom stereocenters. The molecule has 0 fully saturated rings. The highest BCUT2D eigenvalue weighted by Crippen LogP contribution is 2.25. The fourth-order valence-electron chi connectivity index (χ4n) is 1.76. The highest BCUT2D eigenvalue weighted by molar-refractivity contribution is 7.13. The Kier molecular flexibility index (Phi) is 2.34. The van der Waals surface area contributed by atoms with Crippen LogP contribution in [0.5, 0.6) is 0 Å². The summed E-state index contributed by atoms with van der Waals surface area (Å²) < 4.78 is 6.18. The molecule has 6 nitrogen and oxygen atoms in total. The zero-order valence-electron chi connectivity index (χ0n) is 9.16. The molecule has 17 heavy (non-hydrogen) atoms. The van der Waals surface area contributed by atoms with Gasteiger partial charge in [0, 0.05) is 12.4 Å². The Balaban J connectivity index is 2.34. The second-order valence-electron chi connectivity index (χ2n) is 3.56. The van der Waals surface area contributed by atoms with Gasteiger partial charge < -0.3 is 5.73 Å². The zero-order valence-corrected chi connectivity index (χ0v) is 9.98. The van der Waals surface area contributed by atoms with Gasteiger partial charge in [-0.05, 0) is 18.5 Å². The third kappa shape index (κ3) is 1.51. The number of aromatic nitrogens is 5. The van der Waals surface area contributed by atoms with Crippen molar-refractivity contribution in [2.45, 2.75) is 13.5 Å². The molecule has 0 bridgehead atoms. The molecule has 7 heteroatoms. The second-order valence-corrected chi connectivity index (χ2v) is 4.31. The van der Waals surface area contributed by atoms with Crippen molar-refractivity contribution >= 4 is 21.7 Å². The predicted molar refractivity (Wildman–Crippen MR) is 65.0 cm³/mol. The van der Waals surface area contributed by atoms with E-state index < -0.39 is 0 Å². The van der Waals surface area contributed by atoms with Gasteiger partial charge in [0.25, 0.3) is 0 Å². The normalized spacial score (nSPS) is 11.2. The maximum Gasteiger partial charge on any atom is 0.152 e. The van der Waals surface area contributed by atoms with Crippen molar-refractivity contribution in [2.24, 2.45) is 5.73 Å². The first-order valence-electron chi connectivity index (χ1n) is 5.11. The van der Waals surface area contributed by atoms with Crippen molar-refractivity contribution in [2.75, 3.05) is 0 Å². The topological polar surface area (TPSA) is 82.5 Å². The van der Waals surface area contributed by atoms with Crippen LogP contribution >= 0.6 is 11.5 Å². The average molecular weight is 246 g/mol. The quantitative estimate of drug-likeness (QED) is 0.730. The van der Waals surface area contributed by atoms with Crippen molar-refractivity contribution in [3.63, 3.8) is 0 Å². The molecule has 0 aliphatic heterocycles. The van der Waals surface area contributed by atoms with E-state index in [-0.39, 0.29) is 0 Å². The predicted octanol–water partition coefficient (Wildman–Crippen LogP) is 1.04. The smallest absolute Gasteiger partial charge is 0.152 e. The Morgan fingerprint density at radius 2 is 2.24 bits per heavy atom. The third-order valence-electron chi connectivity index (χ3n) is 2.55. The molecule has 3 heterocycles. The Bertz CT molecular complexity index is 670. The molecule has 0 unspecified atom stereocenters. The maximum absolute atomic E-state index is 5.65. The van der Waals surface area contributed by atoms with Crippen LogP contribution in [0.25, 0.3) is 16.0 Å². The molecular formula is C10H10N6S. The summed E-state index contributed by atoms with van der Waals surface area (Å²) in [4.78, 5) is 13.6. The van der Waals surface area contributed by atoms with Gasteiger partial charge in [0.05, 0.1) is 17.6 Å². The van der Waals surface area contributed by atoms with Gasteiger partial charge >= 0.3 is 0 Å². The SMILES string of the molecule is Cc1nsc2ncnc(-n3ccnc3CN)c12. The minimum atomic E-state index is 0.370. The van der Waals surface area contributed by atoms with Gasteiger partial charge in [0.2, 0.25) is 0 Å². The van der Waals surface area contributed by atoms with Crippen molar-refractivity contribution in [3.8, 4) is 5.82 Å². The van der Waals surface area contributed by atoms with Gasteiger partial charge in [0.15, 0.2) is 5.82 Å². The van der Waals surface area contributed by atoms with Gasteiger partial charge in [-0.1, -0.05) is 0 Å². The molecule has 3 aromatic heterocycles. The Morgan fingerprint density at radius 1 is 1.35 bits per heavy atom. The van der Waals surface area contributed by atoms with E-state index in [0.29, 0.717) is 6.54 Å². The summed E-state index contributed by atoms with van der Waals surface area (Å²) in [5.41, 5.74) is 6.58. The zero-order chi connectivity index (χ0) is 11.8. The lowest BCUT2D eigenvalue weighted by Crippen LogP contribution is -2.08. The lowest BCUT2D eigenvalue weighted by Gasteiger charge is -2.06. The highest BCUT2D eigenvalue weighted by Gasteiger charge is 2.13. The van der Waals surface area contributed by atoms with E-state index in [9.17, 15) is 0 Å². The van der Waals surface area contributed by atoms with Crippen LogP contribution < -0.4 is 5.73 Å². The third-order valence-corrected chi connectivity index (χ3v) is 3.40. The van der Waals surface area contributed by atoms with E-state index in [4.69, 9.17) is 5.73 Å². The van der Waals surface area contributed by atoms with Crippen LogP contribution in [0, 0.1) is 6.92 Å². The molecule has 0 aromatic carbocycles. The first-order valence-corrected chi connectivity index (χ1v) is 5.88. The molecule has 0 saturated heterocycles. The second kappa shape index (κ2) is 3.86. The van der Waals surface area contributed by atoms with Crippen molar-refractivity contribution in [1.82, 2.24) is 23.9 Å². The lowest BCUT2D eigenvalue weighted by molar-refractivity contribution is 0.850. The van der Waals surface area contributed by atoms with E-state index in [1.165, 1.54) is 17.9 Å². The number of hydrogen-bond acceptors (Lipinski definition) is 6. The molecule has 0 saturated carbocycles. The first-order chi connectivity index (χ1) is 8.31. The minimum Gasteiger partial charge on any atom is -0.324 e. The minimum absolute atomic E-state index is 0.370. The molecular weight excluding hydrogens is 236 g/mol. The summed E-state index contributed by atoms with van der Waals surface area (Å²) in [6.07, 6.45) is 5.10. The van der Waals surface area contributed by atoms with Crippen molar-refractivity contribution < 1.29 is 0 Å². The van der Waals surface area contributed by atoms with Crippen LogP contribution in [-0.2, 0) is 6.54 Å². The molecule has 0 aliphatic rings. The van der Waals surface area contributed by atoms with Gasteiger partial charge in [-0.2, -0.15) is 4.37 Å². The average Bonchev–Trinajstić information content (AvgIpc) is 2.96. The molecule has 3 rings (SSSR count). The van der Waals surface area contributed by atoms with E-state index in [1.807, 2.05) is 17.7 Å². The monoisotopic (exact) mass is 246 g/mol. The van der Waals surface area contributed by atoms with Crippen molar-refractivity contribution in [1.29, 1.82) is 0 Å². The molecule has 2 N–H and O–H groups in total. The van der Waals surface area contributed by atoms with E-state index in [0.717, 1.165) is 27.6 Å². The molecule has 0 radical (unpaired) electrons. The van der Waals surface area contributed by atoms with Crippen LogP contribution in [-0.4, -0.2) is 23.9 Å². The number of nitrogens with two attached hydrogens (primary N) is 1. The van der Waals surface area contributed by atoms with E-state index in [2.05, 4.69) is 19.3 Å². The fraction of sp³-hybridized carbons (Fsp3) is 0.200. The lowest BCUT2D eigenvalue weighted by atomic mass is 10.3. The number of aryl methyl sites for hydroxylation is 1. The van der Waals surface area contributed by atoms with Crippen LogP contribution in [0.1, 0.15) is 11.5 Å². The first kappa shape index (κ1) is 10.3. The summed E-state index contributed by atoms with van der Waals surface area (Å²) in [7, 11) is 0. The van der Waals surface area contributed by atoms with Crippen LogP contribution in [0.3, 0.4) is 0 Å². The number of hydrogen-bond donors (Lipinski definition) is 1. The summed E-state index contributed by atoms with van der Waals surface area (Å²) in [6, 6.07) is 0. The molecule has 0 spiro atoms. The number of imidazole rings is 1. The maximum atomic E-state index is 5.65. The number of fused-ring (bicyclic) bond motifs is 1. The molecule has 3 aromatic rings.